The fourth-order valence-electron chi connectivity index (χ4n) is 2.85. The number of anilines is 1. The molecule has 3 aromatic carbocycles. The van der Waals surface area contributed by atoms with Crippen LogP contribution in [0.3, 0.4) is 0 Å². The first-order chi connectivity index (χ1) is 12.9. The van der Waals surface area contributed by atoms with E-state index < -0.39 is 10.0 Å². The second kappa shape index (κ2) is 6.55. The molecule has 0 saturated carbocycles. The first-order valence-corrected chi connectivity index (χ1v) is 10.1. The summed E-state index contributed by atoms with van der Waals surface area (Å²) in [6.45, 7) is 3.95. The van der Waals surface area contributed by atoms with Gasteiger partial charge in [0, 0.05) is 5.56 Å². The monoisotopic (exact) mass is 377 g/mol. The predicted octanol–water partition coefficient (Wildman–Crippen LogP) is 4.65. The van der Waals surface area contributed by atoms with Crippen molar-refractivity contribution in [3.8, 4) is 11.4 Å². The average Bonchev–Trinajstić information content (AvgIpc) is 3.05. The second-order valence-corrected chi connectivity index (χ2v) is 8.28. The molecule has 2 N–H and O–H groups in total. The lowest BCUT2D eigenvalue weighted by Gasteiger charge is -2.08. The number of nitrogens with one attached hydrogen (secondary N) is 2. The Kier molecular flexibility index (Phi) is 4.20. The van der Waals surface area contributed by atoms with Gasteiger partial charge in [0.15, 0.2) is 0 Å². The third-order valence-corrected chi connectivity index (χ3v) is 5.79. The summed E-state index contributed by atoms with van der Waals surface area (Å²) in [4.78, 5) is 8.08. The van der Waals surface area contributed by atoms with Gasteiger partial charge in [-0.05, 0) is 44.2 Å². The molecule has 1 aromatic heterocycles. The first kappa shape index (κ1) is 17.3. The third-order valence-electron chi connectivity index (χ3n) is 4.39. The molecule has 1 heterocycles. The summed E-state index contributed by atoms with van der Waals surface area (Å²) in [6.07, 6.45) is 0. The minimum Gasteiger partial charge on any atom is -0.338 e. The number of hydrogen-bond donors (Lipinski definition) is 2. The van der Waals surface area contributed by atoms with Crippen molar-refractivity contribution in [2.24, 2.45) is 0 Å². The Bertz CT molecular complexity index is 1210. The van der Waals surface area contributed by atoms with Crippen LogP contribution in [0.1, 0.15) is 11.1 Å². The Morgan fingerprint density at radius 2 is 1.48 bits per heavy atom. The van der Waals surface area contributed by atoms with E-state index in [4.69, 9.17) is 0 Å². The maximum atomic E-state index is 12.6. The largest absolute Gasteiger partial charge is 0.338 e. The van der Waals surface area contributed by atoms with Crippen molar-refractivity contribution < 1.29 is 8.42 Å². The van der Waals surface area contributed by atoms with Crippen LogP contribution in [0.4, 0.5) is 5.69 Å². The smallest absolute Gasteiger partial charge is 0.261 e. The molecular formula is C21H19N3O2S. The number of aromatic amines is 1. The number of sulfonamides is 1. The summed E-state index contributed by atoms with van der Waals surface area (Å²) in [5.41, 5.74) is 5.22. The van der Waals surface area contributed by atoms with Crippen molar-refractivity contribution in [2.45, 2.75) is 18.7 Å². The van der Waals surface area contributed by atoms with Gasteiger partial charge in [0.05, 0.1) is 21.6 Å². The van der Waals surface area contributed by atoms with E-state index in [0.717, 1.165) is 28.0 Å². The van der Waals surface area contributed by atoms with Crippen molar-refractivity contribution in [3.63, 3.8) is 0 Å². The van der Waals surface area contributed by atoms with Crippen LogP contribution < -0.4 is 4.72 Å². The molecule has 0 saturated heterocycles. The van der Waals surface area contributed by atoms with Gasteiger partial charge in [-0.2, -0.15) is 0 Å². The van der Waals surface area contributed by atoms with E-state index in [1.54, 1.807) is 42.5 Å². The summed E-state index contributed by atoms with van der Waals surface area (Å²) >= 11 is 0. The Balaban J connectivity index is 1.65. The van der Waals surface area contributed by atoms with E-state index in [1.165, 1.54) is 5.56 Å². The van der Waals surface area contributed by atoms with Gasteiger partial charge in [0.25, 0.3) is 10.0 Å². The highest BCUT2D eigenvalue weighted by molar-refractivity contribution is 7.92. The standard InChI is InChI=1S/C21H19N3O2S/c1-14-3-7-16(8-4-14)21-22-19-12-9-17(13-20(19)23-21)24-27(25,26)18-10-5-15(2)6-11-18/h3-13,24H,1-2H3,(H,22,23). The number of aryl methyl sites for hydroxylation is 2. The van der Waals surface area contributed by atoms with E-state index in [9.17, 15) is 8.42 Å². The maximum absolute atomic E-state index is 12.6. The summed E-state index contributed by atoms with van der Waals surface area (Å²) < 4.78 is 27.8. The summed E-state index contributed by atoms with van der Waals surface area (Å²) in [5, 5.41) is 0. The fourth-order valence-corrected chi connectivity index (χ4v) is 3.90. The molecule has 0 radical (unpaired) electrons. The highest BCUT2D eigenvalue weighted by Gasteiger charge is 2.14. The maximum Gasteiger partial charge on any atom is 0.261 e. The fraction of sp³-hybridized carbons (Fsp3) is 0.0952. The summed E-state index contributed by atoms with van der Waals surface area (Å²) in [7, 11) is -3.63. The number of benzene rings is 3. The number of imidazole rings is 1. The quantitative estimate of drug-likeness (QED) is 0.544. The Morgan fingerprint density at radius 3 is 2.15 bits per heavy atom. The second-order valence-electron chi connectivity index (χ2n) is 6.60. The van der Waals surface area contributed by atoms with Crippen LogP contribution >= 0.6 is 0 Å². The van der Waals surface area contributed by atoms with Crippen LogP contribution in [0, 0.1) is 13.8 Å². The minimum atomic E-state index is -3.63. The lowest BCUT2D eigenvalue weighted by atomic mass is 10.1. The van der Waals surface area contributed by atoms with Gasteiger partial charge >= 0.3 is 0 Å². The number of hydrogen-bond acceptors (Lipinski definition) is 3. The minimum absolute atomic E-state index is 0.234. The van der Waals surface area contributed by atoms with Crippen LogP contribution in [-0.2, 0) is 10.0 Å². The number of nitrogens with zero attached hydrogens (tertiary/aromatic N) is 1. The van der Waals surface area contributed by atoms with Crippen molar-refractivity contribution >= 4 is 26.7 Å². The zero-order chi connectivity index (χ0) is 19.0. The lowest BCUT2D eigenvalue weighted by Crippen LogP contribution is -2.12. The molecule has 0 amide bonds. The Hall–Kier alpha value is -3.12. The van der Waals surface area contributed by atoms with E-state index in [-0.39, 0.29) is 4.90 Å². The molecule has 0 unspecified atom stereocenters. The molecule has 0 bridgehead atoms. The summed E-state index contributed by atoms with van der Waals surface area (Å²) in [5.74, 6) is 0.753. The Morgan fingerprint density at radius 1 is 0.852 bits per heavy atom. The zero-order valence-electron chi connectivity index (χ0n) is 15.0. The molecule has 27 heavy (non-hydrogen) atoms. The van der Waals surface area contributed by atoms with E-state index >= 15 is 0 Å². The molecule has 0 atom stereocenters. The first-order valence-electron chi connectivity index (χ1n) is 8.57. The highest BCUT2D eigenvalue weighted by Crippen LogP contribution is 2.24. The van der Waals surface area contributed by atoms with Gasteiger partial charge < -0.3 is 4.98 Å². The van der Waals surface area contributed by atoms with Crippen molar-refractivity contribution in [2.75, 3.05) is 4.72 Å². The van der Waals surface area contributed by atoms with Gasteiger partial charge in [-0.25, -0.2) is 13.4 Å². The number of H-pyrrole nitrogens is 1. The van der Waals surface area contributed by atoms with Crippen LogP contribution in [-0.4, -0.2) is 18.4 Å². The van der Waals surface area contributed by atoms with Crippen molar-refractivity contribution in [1.82, 2.24) is 9.97 Å². The zero-order valence-corrected chi connectivity index (χ0v) is 15.8. The van der Waals surface area contributed by atoms with Gasteiger partial charge in [-0.1, -0.05) is 47.5 Å². The van der Waals surface area contributed by atoms with Gasteiger partial charge in [0.1, 0.15) is 5.82 Å². The molecule has 4 aromatic rings. The van der Waals surface area contributed by atoms with Gasteiger partial charge in [-0.15, -0.1) is 0 Å². The van der Waals surface area contributed by atoms with Crippen LogP contribution in [0.2, 0.25) is 0 Å². The average molecular weight is 377 g/mol. The number of rotatable bonds is 4. The highest BCUT2D eigenvalue weighted by atomic mass is 32.2. The molecular weight excluding hydrogens is 358 g/mol. The molecule has 0 fully saturated rings. The molecule has 0 aliphatic carbocycles. The molecule has 0 aliphatic heterocycles. The lowest BCUT2D eigenvalue weighted by molar-refractivity contribution is 0.601. The van der Waals surface area contributed by atoms with Crippen LogP contribution in [0.15, 0.2) is 71.6 Å². The topological polar surface area (TPSA) is 74.8 Å². The van der Waals surface area contributed by atoms with E-state index in [2.05, 4.69) is 14.7 Å². The van der Waals surface area contributed by atoms with E-state index in [0.29, 0.717) is 5.69 Å². The SMILES string of the molecule is Cc1ccc(-c2nc3ccc(NS(=O)(=O)c4ccc(C)cc4)cc3[nH]2)cc1. The van der Waals surface area contributed by atoms with E-state index in [1.807, 2.05) is 38.1 Å². The van der Waals surface area contributed by atoms with Crippen molar-refractivity contribution in [1.29, 1.82) is 0 Å². The van der Waals surface area contributed by atoms with Crippen LogP contribution in [0.5, 0.6) is 0 Å². The molecule has 5 nitrogen and oxygen atoms in total. The molecule has 0 spiro atoms. The molecule has 136 valence electrons. The molecule has 0 aliphatic rings. The predicted molar refractivity (Wildman–Crippen MR) is 108 cm³/mol. The van der Waals surface area contributed by atoms with Gasteiger partial charge in [0.2, 0.25) is 0 Å². The van der Waals surface area contributed by atoms with Crippen LogP contribution in [0.25, 0.3) is 22.4 Å². The number of aromatic nitrogens is 2. The normalized spacial score (nSPS) is 11.6. The third kappa shape index (κ3) is 3.57. The number of fused-ring (bicyclic) bond motifs is 1. The van der Waals surface area contributed by atoms with Crippen molar-refractivity contribution in [3.05, 3.63) is 77.9 Å². The molecule has 4 rings (SSSR count). The Labute approximate surface area is 158 Å². The van der Waals surface area contributed by atoms with Gasteiger partial charge in [-0.3, -0.25) is 4.72 Å². The molecule has 6 heteroatoms. The summed E-state index contributed by atoms with van der Waals surface area (Å²) in [6, 6.07) is 20.1.